The van der Waals surface area contributed by atoms with Gasteiger partial charge in [-0.15, -0.1) is 0 Å². The first-order chi connectivity index (χ1) is 17.8. The molecule has 2 aliphatic carbocycles. The van der Waals surface area contributed by atoms with Crippen molar-refractivity contribution in [1.29, 1.82) is 0 Å². The number of nitroso groups, excluding NO2 is 1. The molecule has 11 nitrogen and oxygen atoms in total. The Hall–Kier alpha value is -3.00. The van der Waals surface area contributed by atoms with Crippen LogP contribution in [0.1, 0.15) is 13.8 Å². The number of alkyl halides is 1. The lowest BCUT2D eigenvalue weighted by molar-refractivity contribution is 0.00606. The number of halogens is 3. The lowest BCUT2D eigenvalue weighted by Gasteiger charge is -2.35. The van der Waals surface area contributed by atoms with E-state index in [-0.39, 0.29) is 23.6 Å². The number of nitrogens with zero attached hydrogens (tertiary/aromatic N) is 6. The molecule has 2 aliphatic rings. The molecule has 4 unspecified atom stereocenters. The Labute approximate surface area is 225 Å². The normalized spacial score (nSPS) is 24.2. The summed E-state index contributed by atoms with van der Waals surface area (Å²) in [6.45, 7) is 4.29. The molecular weight excluding hydrogens is 522 g/mol. The first-order valence-corrected chi connectivity index (χ1v) is 12.2. The molecule has 4 atom stereocenters. The van der Waals surface area contributed by atoms with Gasteiger partial charge in [0.2, 0.25) is 11.9 Å². The van der Waals surface area contributed by atoms with E-state index < -0.39 is 34.6 Å². The summed E-state index contributed by atoms with van der Waals surface area (Å²) in [7, 11) is 7.34. The van der Waals surface area contributed by atoms with Crippen molar-refractivity contribution in [2.45, 2.75) is 37.7 Å². The van der Waals surface area contributed by atoms with E-state index in [0.29, 0.717) is 18.0 Å². The quantitative estimate of drug-likeness (QED) is 0.351. The molecule has 0 saturated carbocycles. The zero-order valence-electron chi connectivity index (χ0n) is 22.1. The van der Waals surface area contributed by atoms with E-state index in [1.807, 2.05) is 30.9 Å². The number of allylic oxidation sites excluding steroid dienone is 3. The number of aromatic nitrogens is 3. The molecule has 0 bridgehead atoms. The Balaban J connectivity index is 1.83. The van der Waals surface area contributed by atoms with Gasteiger partial charge in [-0.05, 0) is 53.2 Å². The minimum Gasteiger partial charge on any atom is -0.495 e. The molecule has 0 fully saturated rings. The van der Waals surface area contributed by atoms with Gasteiger partial charge in [-0.25, -0.2) is 18.7 Å². The summed E-state index contributed by atoms with van der Waals surface area (Å²) >= 11 is 5.77. The number of methoxy groups -OCH3 is 1. The van der Waals surface area contributed by atoms with Crippen LogP contribution in [0.3, 0.4) is 0 Å². The maximum Gasteiger partial charge on any atom is 0.232 e. The molecule has 1 aromatic rings. The second-order valence-corrected chi connectivity index (χ2v) is 10.3. The summed E-state index contributed by atoms with van der Waals surface area (Å²) in [6.07, 6.45) is 3.65. The number of aliphatic hydroxyl groups is 1. The van der Waals surface area contributed by atoms with Gasteiger partial charge in [0.1, 0.15) is 30.1 Å². The van der Waals surface area contributed by atoms with Crippen LogP contribution in [0.5, 0.6) is 0 Å². The van der Waals surface area contributed by atoms with Crippen LogP contribution in [0, 0.1) is 10.8 Å². The number of rotatable bonds is 11. The summed E-state index contributed by atoms with van der Waals surface area (Å²) in [4.78, 5) is 28.1. The summed E-state index contributed by atoms with van der Waals surface area (Å²) in [5, 5.41) is 18.9. The number of hydrogen-bond acceptors (Lipinski definition) is 11. The van der Waals surface area contributed by atoms with Crippen molar-refractivity contribution in [3.63, 3.8) is 0 Å². The lowest BCUT2D eigenvalue weighted by Crippen LogP contribution is -2.43. The van der Waals surface area contributed by atoms with E-state index in [1.165, 1.54) is 27.3 Å². The van der Waals surface area contributed by atoms with Gasteiger partial charge in [0.05, 0.1) is 35.4 Å². The topological polar surface area (TPSA) is 128 Å². The zero-order chi connectivity index (χ0) is 28.2. The van der Waals surface area contributed by atoms with E-state index >= 15 is 0 Å². The van der Waals surface area contributed by atoms with E-state index in [4.69, 9.17) is 16.3 Å². The number of nitrogens with one attached hydrogen (secondary N) is 2. The van der Waals surface area contributed by atoms with Gasteiger partial charge in [0, 0.05) is 18.8 Å². The van der Waals surface area contributed by atoms with E-state index in [9.17, 15) is 18.8 Å². The Kier molecular flexibility index (Phi) is 9.52. The highest BCUT2D eigenvalue weighted by molar-refractivity contribution is 6.30. The molecule has 3 N–H and O–H groups in total. The summed E-state index contributed by atoms with van der Waals surface area (Å²) in [5.41, 5.74) is -1.15. The van der Waals surface area contributed by atoms with Gasteiger partial charge in [-0.3, -0.25) is 4.90 Å². The number of ether oxygens (including phenoxy) is 1. The van der Waals surface area contributed by atoms with Gasteiger partial charge < -0.3 is 25.4 Å². The van der Waals surface area contributed by atoms with Crippen LogP contribution in [0.4, 0.5) is 20.7 Å². The maximum absolute atomic E-state index is 14.9. The zero-order valence-corrected chi connectivity index (χ0v) is 22.9. The van der Waals surface area contributed by atoms with Crippen molar-refractivity contribution < 1.29 is 18.6 Å². The van der Waals surface area contributed by atoms with Crippen LogP contribution in [0.15, 0.2) is 57.7 Å². The van der Waals surface area contributed by atoms with Crippen molar-refractivity contribution in [3.05, 3.63) is 57.5 Å². The maximum atomic E-state index is 14.9. The van der Waals surface area contributed by atoms with Gasteiger partial charge in [-0.2, -0.15) is 9.89 Å². The molecule has 0 radical (unpaired) electrons. The van der Waals surface area contributed by atoms with Crippen molar-refractivity contribution in [1.82, 2.24) is 24.8 Å². The minimum atomic E-state index is -1.97. The Morgan fingerprint density at radius 1 is 1.18 bits per heavy atom. The number of hydrogen-bond donors (Lipinski definition) is 3. The van der Waals surface area contributed by atoms with Gasteiger partial charge in [0.25, 0.3) is 0 Å². The molecule has 1 aromatic heterocycles. The summed E-state index contributed by atoms with van der Waals surface area (Å²) < 4.78 is 34.6. The fourth-order valence-electron chi connectivity index (χ4n) is 4.21. The molecule has 14 heteroatoms. The van der Waals surface area contributed by atoms with Crippen LogP contribution < -0.4 is 10.6 Å². The smallest absolute Gasteiger partial charge is 0.232 e. The predicted octanol–water partition coefficient (Wildman–Crippen LogP) is 3.16. The SMILES string of the molecule is COC1=CC(N(C)CCN(C)C)C(N=O)C=C1Nc1ncnc(NC2=CC(F)=C(Cl)C(F)C2C(C)(C)O)n1. The molecule has 3 rings (SSSR count). The number of likely N-dealkylation sites (N-methyl/N-ethyl adjacent to an activating group) is 2. The van der Waals surface area contributed by atoms with Crippen molar-refractivity contribution in [2.75, 3.05) is 52.0 Å². The largest absolute Gasteiger partial charge is 0.495 e. The van der Waals surface area contributed by atoms with Gasteiger partial charge in [0.15, 0.2) is 0 Å². The van der Waals surface area contributed by atoms with Gasteiger partial charge in [-0.1, -0.05) is 16.8 Å². The molecule has 38 heavy (non-hydrogen) atoms. The Bertz CT molecular complexity index is 1150. The average molecular weight is 555 g/mol. The first-order valence-electron chi connectivity index (χ1n) is 11.9. The van der Waals surface area contributed by atoms with E-state index in [0.717, 1.165) is 12.6 Å². The Morgan fingerprint density at radius 3 is 2.42 bits per heavy atom. The molecule has 0 aliphatic heterocycles. The molecular formula is C24H33ClF2N8O3. The van der Waals surface area contributed by atoms with Crippen molar-refractivity contribution in [3.8, 4) is 0 Å². The highest BCUT2D eigenvalue weighted by Crippen LogP contribution is 2.40. The highest BCUT2D eigenvalue weighted by atomic mass is 35.5. The molecule has 208 valence electrons. The third-order valence-corrected chi connectivity index (χ3v) is 6.63. The van der Waals surface area contributed by atoms with E-state index in [1.54, 1.807) is 12.2 Å². The fraction of sp³-hybridized carbons (Fsp3) is 0.542. The van der Waals surface area contributed by atoms with Crippen LogP contribution in [-0.4, -0.2) is 95.1 Å². The monoisotopic (exact) mass is 554 g/mol. The number of anilines is 2. The standard InChI is InChI=1S/C24H33ClF2N8O3/c1-24(2,36)19-16(9-13(26)20(25)21(19)27)31-23-29-12-28-22(32-23)30-15-10-14(33-37)17(11-18(15)38-6)35(5)8-7-34(3)4/h9-12,14,17,19,21,36H,7-8H2,1-6H3,(H2,28,29,30,31,32). The summed E-state index contributed by atoms with van der Waals surface area (Å²) in [5.74, 6) is -1.67. The second-order valence-electron chi connectivity index (χ2n) is 9.90. The highest BCUT2D eigenvalue weighted by Gasteiger charge is 2.43. The van der Waals surface area contributed by atoms with Crippen LogP contribution in [-0.2, 0) is 4.74 Å². The Morgan fingerprint density at radius 2 is 1.84 bits per heavy atom. The predicted molar refractivity (Wildman–Crippen MR) is 142 cm³/mol. The summed E-state index contributed by atoms with van der Waals surface area (Å²) in [6, 6.07) is -1.02. The van der Waals surface area contributed by atoms with Crippen LogP contribution in [0.2, 0.25) is 0 Å². The first kappa shape index (κ1) is 29.6. The molecule has 0 spiro atoms. The third-order valence-electron chi connectivity index (χ3n) is 6.24. The minimum absolute atomic E-state index is 0.00669. The van der Waals surface area contributed by atoms with Crippen molar-refractivity contribution in [2.24, 2.45) is 11.1 Å². The second kappa shape index (κ2) is 12.2. The third kappa shape index (κ3) is 6.90. The molecule has 0 aromatic carbocycles. The average Bonchev–Trinajstić information content (AvgIpc) is 2.85. The van der Waals surface area contributed by atoms with Crippen molar-refractivity contribution >= 4 is 23.5 Å². The molecule has 0 amide bonds. The molecule has 1 heterocycles. The van der Waals surface area contributed by atoms with E-state index in [2.05, 4.69) is 30.8 Å². The lowest BCUT2D eigenvalue weighted by atomic mass is 9.81. The van der Waals surface area contributed by atoms with Gasteiger partial charge >= 0.3 is 0 Å². The fourth-order valence-corrected chi connectivity index (χ4v) is 4.39. The van der Waals surface area contributed by atoms with Crippen LogP contribution in [0.25, 0.3) is 0 Å². The molecule has 0 saturated heterocycles. The van der Waals surface area contributed by atoms with Crippen LogP contribution >= 0.6 is 11.6 Å².